The van der Waals surface area contributed by atoms with Gasteiger partial charge in [-0.2, -0.15) is 0 Å². The third-order valence-electron chi connectivity index (χ3n) is 3.63. The van der Waals surface area contributed by atoms with Gasteiger partial charge in [-0.05, 0) is 49.8 Å². The number of nitrogens with one attached hydrogen (secondary N) is 1. The molecular formula is C18H23N2O3P. The van der Waals surface area contributed by atoms with Crippen LogP contribution in [0.3, 0.4) is 0 Å². The van der Waals surface area contributed by atoms with Crippen molar-refractivity contribution >= 4 is 25.4 Å². The van der Waals surface area contributed by atoms with E-state index >= 15 is 0 Å². The predicted octanol–water partition coefficient (Wildman–Crippen LogP) is 4.80. The zero-order valence-corrected chi connectivity index (χ0v) is 15.3. The fourth-order valence-corrected chi connectivity index (χ4v) is 3.33. The maximum Gasteiger partial charge on any atom is 0.351 e. The van der Waals surface area contributed by atoms with Gasteiger partial charge in [0.1, 0.15) is 5.78 Å². The van der Waals surface area contributed by atoms with E-state index in [1.54, 1.807) is 6.92 Å². The summed E-state index contributed by atoms with van der Waals surface area (Å²) in [5.41, 5.74) is 3.82. The Morgan fingerprint density at radius 2 is 1.75 bits per heavy atom. The molecule has 6 heteroatoms. The molecule has 0 bridgehead atoms. The quantitative estimate of drug-likeness (QED) is 0.730. The van der Waals surface area contributed by atoms with Gasteiger partial charge in [0, 0.05) is 25.6 Å². The molecule has 1 N–H and O–H groups in total. The van der Waals surface area contributed by atoms with Crippen molar-refractivity contribution in [3.05, 3.63) is 59.4 Å². The van der Waals surface area contributed by atoms with Crippen molar-refractivity contribution in [2.75, 3.05) is 19.5 Å². The van der Waals surface area contributed by atoms with Crippen molar-refractivity contribution in [1.82, 2.24) is 4.98 Å². The maximum absolute atomic E-state index is 12.3. The monoisotopic (exact) mass is 346 g/mol. The molecular weight excluding hydrogens is 323 g/mol. The highest BCUT2D eigenvalue weighted by Gasteiger charge is 2.29. The van der Waals surface area contributed by atoms with Crippen LogP contribution in [-0.4, -0.2) is 25.0 Å². The normalized spacial score (nSPS) is 13.2. The third-order valence-corrected chi connectivity index (χ3v) is 5.72. The second kappa shape index (κ2) is 8.25. The van der Waals surface area contributed by atoms with Crippen molar-refractivity contribution in [1.29, 1.82) is 0 Å². The van der Waals surface area contributed by atoms with E-state index in [4.69, 9.17) is 9.05 Å². The summed E-state index contributed by atoms with van der Waals surface area (Å²) in [6.07, 6.45) is 3.98. The second-order valence-corrected chi connectivity index (χ2v) is 7.97. The van der Waals surface area contributed by atoms with Crippen LogP contribution in [0.15, 0.2) is 42.5 Å². The van der Waals surface area contributed by atoms with Crippen molar-refractivity contribution in [2.45, 2.75) is 19.6 Å². The lowest BCUT2D eigenvalue weighted by molar-refractivity contribution is 0.270. The zero-order chi connectivity index (χ0) is 17.6. The molecule has 0 aliphatic heterocycles. The first-order valence-corrected chi connectivity index (χ1v) is 9.27. The number of hydrogen-bond donors (Lipinski definition) is 1. The molecule has 0 aliphatic carbocycles. The molecule has 0 saturated carbocycles. The van der Waals surface area contributed by atoms with E-state index in [2.05, 4.69) is 10.3 Å². The Kier molecular flexibility index (Phi) is 6.32. The van der Waals surface area contributed by atoms with E-state index in [1.165, 1.54) is 14.2 Å². The van der Waals surface area contributed by atoms with E-state index in [-0.39, 0.29) is 0 Å². The van der Waals surface area contributed by atoms with Crippen LogP contribution in [0.4, 0.5) is 5.69 Å². The first-order chi connectivity index (χ1) is 11.5. The molecule has 1 unspecified atom stereocenters. The van der Waals surface area contributed by atoms with Crippen LogP contribution in [0.5, 0.6) is 0 Å². The van der Waals surface area contributed by atoms with Crippen molar-refractivity contribution in [3.8, 4) is 0 Å². The summed E-state index contributed by atoms with van der Waals surface area (Å²) in [4.78, 5) is 4.43. The zero-order valence-electron chi connectivity index (χ0n) is 14.4. The summed E-state index contributed by atoms with van der Waals surface area (Å²) in [6, 6.07) is 13.7. The average molecular weight is 346 g/mol. The van der Waals surface area contributed by atoms with Gasteiger partial charge in [0.25, 0.3) is 0 Å². The topological polar surface area (TPSA) is 60.5 Å². The van der Waals surface area contributed by atoms with Crippen molar-refractivity contribution in [3.63, 3.8) is 0 Å². The molecule has 0 radical (unpaired) electrons. The first kappa shape index (κ1) is 18.4. The molecule has 1 heterocycles. The Morgan fingerprint density at radius 3 is 2.33 bits per heavy atom. The number of aryl methyl sites for hydroxylation is 1. The molecule has 1 aromatic carbocycles. The summed E-state index contributed by atoms with van der Waals surface area (Å²) in [5, 5.41) is 3.14. The Balaban J connectivity index is 2.04. The van der Waals surface area contributed by atoms with E-state index < -0.39 is 13.4 Å². The summed E-state index contributed by atoms with van der Waals surface area (Å²) in [7, 11) is -0.371. The molecule has 2 rings (SSSR count). The number of pyridine rings is 1. The highest BCUT2D eigenvalue weighted by atomic mass is 31.2. The minimum atomic E-state index is -3.14. The SMILES string of the molecule is COP(=O)(OC)C(C)Nc1ccc(/C=C/c2cccc(C)n2)cc1. The van der Waals surface area contributed by atoms with Gasteiger partial charge in [-0.25, -0.2) is 0 Å². The number of aromatic nitrogens is 1. The molecule has 24 heavy (non-hydrogen) atoms. The Hall–Kier alpha value is -1.94. The number of benzene rings is 1. The number of anilines is 1. The Bertz CT molecular complexity index is 736. The number of rotatable bonds is 7. The number of nitrogens with zero attached hydrogens (tertiary/aromatic N) is 1. The second-order valence-electron chi connectivity index (χ2n) is 5.38. The Morgan fingerprint density at radius 1 is 1.08 bits per heavy atom. The van der Waals surface area contributed by atoms with E-state index in [0.717, 1.165) is 22.6 Å². The van der Waals surface area contributed by atoms with Crippen LogP contribution < -0.4 is 5.32 Å². The van der Waals surface area contributed by atoms with Gasteiger partial charge in [-0.1, -0.05) is 24.3 Å². The molecule has 0 fully saturated rings. The van der Waals surface area contributed by atoms with Gasteiger partial charge in [0.2, 0.25) is 0 Å². The van der Waals surface area contributed by atoms with Gasteiger partial charge < -0.3 is 14.4 Å². The van der Waals surface area contributed by atoms with Gasteiger partial charge in [0.15, 0.2) is 0 Å². The fraction of sp³-hybridized carbons (Fsp3) is 0.278. The van der Waals surface area contributed by atoms with Crippen LogP contribution in [0.25, 0.3) is 12.2 Å². The van der Waals surface area contributed by atoms with E-state index in [9.17, 15) is 4.57 Å². The summed E-state index contributed by atoms with van der Waals surface area (Å²) in [5.74, 6) is -0.439. The lowest BCUT2D eigenvalue weighted by atomic mass is 10.1. The molecule has 0 amide bonds. The molecule has 5 nitrogen and oxygen atoms in total. The van der Waals surface area contributed by atoms with Crippen LogP contribution in [0.2, 0.25) is 0 Å². The first-order valence-electron chi connectivity index (χ1n) is 7.66. The van der Waals surface area contributed by atoms with Crippen LogP contribution in [0.1, 0.15) is 23.9 Å². The van der Waals surface area contributed by atoms with Gasteiger partial charge in [-0.3, -0.25) is 9.55 Å². The third kappa shape index (κ3) is 4.78. The highest BCUT2D eigenvalue weighted by molar-refractivity contribution is 7.54. The summed E-state index contributed by atoms with van der Waals surface area (Å²) in [6.45, 7) is 3.74. The molecule has 0 saturated heterocycles. The van der Waals surface area contributed by atoms with E-state index in [0.29, 0.717) is 0 Å². The molecule has 1 aromatic heterocycles. The lowest BCUT2D eigenvalue weighted by Crippen LogP contribution is -2.17. The minimum absolute atomic E-state index is 0.439. The summed E-state index contributed by atoms with van der Waals surface area (Å²) >= 11 is 0. The van der Waals surface area contributed by atoms with Crippen LogP contribution in [0, 0.1) is 6.92 Å². The predicted molar refractivity (Wildman–Crippen MR) is 99.1 cm³/mol. The summed E-state index contributed by atoms with van der Waals surface area (Å²) < 4.78 is 22.3. The highest BCUT2D eigenvalue weighted by Crippen LogP contribution is 2.51. The average Bonchev–Trinajstić information content (AvgIpc) is 2.60. The van der Waals surface area contributed by atoms with Gasteiger partial charge in [-0.15, -0.1) is 0 Å². The molecule has 0 spiro atoms. The minimum Gasteiger partial charge on any atom is -0.372 e. The maximum atomic E-state index is 12.3. The van der Waals surface area contributed by atoms with Gasteiger partial charge >= 0.3 is 7.60 Å². The smallest absolute Gasteiger partial charge is 0.351 e. The molecule has 1 atom stereocenters. The molecule has 128 valence electrons. The fourth-order valence-electron chi connectivity index (χ4n) is 2.24. The van der Waals surface area contributed by atoms with Crippen LogP contribution >= 0.6 is 7.60 Å². The standard InChI is InChI=1S/C18H23N2O3P/c1-14-6-5-7-17(19-14)11-8-16-9-12-18(13-10-16)20-15(2)24(21,22-3)23-4/h5-13,15,20H,1-4H3/b11-8+. The van der Waals surface area contributed by atoms with Crippen molar-refractivity contribution in [2.24, 2.45) is 0 Å². The van der Waals surface area contributed by atoms with Crippen molar-refractivity contribution < 1.29 is 13.6 Å². The van der Waals surface area contributed by atoms with Crippen LogP contribution in [-0.2, 0) is 13.6 Å². The Labute approximate surface area is 143 Å². The largest absolute Gasteiger partial charge is 0.372 e. The number of hydrogen-bond acceptors (Lipinski definition) is 5. The lowest BCUT2D eigenvalue weighted by Gasteiger charge is -2.22. The molecule has 0 aliphatic rings. The van der Waals surface area contributed by atoms with E-state index in [1.807, 2.05) is 61.5 Å². The molecule has 2 aromatic rings. The van der Waals surface area contributed by atoms with Gasteiger partial charge in [0.05, 0.1) is 5.69 Å².